The molecule has 0 radical (unpaired) electrons. The van der Waals surface area contributed by atoms with Crippen molar-refractivity contribution >= 4 is 35.2 Å². The van der Waals surface area contributed by atoms with Gasteiger partial charge in [0, 0.05) is 23.2 Å². The zero-order chi connectivity index (χ0) is 22.8. The molecule has 5 N–H and O–H groups in total. The molecule has 0 fully saturated rings. The van der Waals surface area contributed by atoms with Crippen molar-refractivity contribution in [1.82, 2.24) is 14.5 Å². The average Bonchev–Trinajstić information content (AvgIpc) is 3.13. The number of benzene rings is 2. The summed E-state index contributed by atoms with van der Waals surface area (Å²) in [7, 11) is -0.00714. The van der Waals surface area contributed by atoms with Crippen LogP contribution in [0.4, 0.5) is 5.82 Å². The summed E-state index contributed by atoms with van der Waals surface area (Å²) in [5.74, 6) is 0.835. The summed E-state index contributed by atoms with van der Waals surface area (Å²) in [6.45, 7) is 2.28. The predicted molar refractivity (Wildman–Crippen MR) is 122 cm³/mol. The summed E-state index contributed by atoms with van der Waals surface area (Å²) in [6, 6.07) is 14.2. The number of carbonyl (C=O) groups is 1. The van der Waals surface area contributed by atoms with Gasteiger partial charge in [-0.2, -0.15) is 4.98 Å². The number of primary amides is 1. The van der Waals surface area contributed by atoms with E-state index in [9.17, 15) is 14.8 Å². The summed E-state index contributed by atoms with van der Waals surface area (Å²) in [5.41, 5.74) is 8.81. The van der Waals surface area contributed by atoms with Crippen molar-refractivity contribution < 1.29 is 19.6 Å². The van der Waals surface area contributed by atoms with Gasteiger partial charge in [0.25, 0.3) is 0 Å². The normalized spacial score (nSPS) is 10.9. The number of ether oxygens (including phenoxy) is 1. The van der Waals surface area contributed by atoms with Crippen molar-refractivity contribution in [2.45, 2.75) is 13.5 Å². The largest absolute Gasteiger partial charge is 0.491 e. The first-order valence-electron chi connectivity index (χ1n) is 9.90. The predicted octanol–water partition coefficient (Wildman–Crippen LogP) is 1.13. The van der Waals surface area contributed by atoms with Crippen molar-refractivity contribution in [1.29, 1.82) is 0 Å². The Hall–Kier alpha value is -3.89. The second-order valence-electron chi connectivity index (χ2n) is 7.28. The lowest BCUT2D eigenvalue weighted by molar-refractivity contribution is 0.100. The van der Waals surface area contributed by atoms with E-state index in [4.69, 9.17) is 10.5 Å². The maximum Gasteiger partial charge on any atom is 0.488 e. The molecule has 2 aromatic carbocycles. The highest BCUT2D eigenvalue weighted by molar-refractivity contribution is 6.58. The smallest absolute Gasteiger partial charge is 0.488 e. The fourth-order valence-corrected chi connectivity index (χ4v) is 3.64. The number of rotatable bonds is 7. The molecule has 2 heterocycles. The Balaban J connectivity index is 1.72. The van der Waals surface area contributed by atoms with E-state index in [-0.39, 0.29) is 0 Å². The molecule has 10 heteroatoms. The third kappa shape index (κ3) is 4.01. The van der Waals surface area contributed by atoms with Crippen LogP contribution in [-0.2, 0) is 6.54 Å². The van der Waals surface area contributed by atoms with Gasteiger partial charge in [0.1, 0.15) is 0 Å². The lowest BCUT2D eigenvalue weighted by Gasteiger charge is -2.13. The molecule has 0 aliphatic carbocycles. The number of aromatic nitrogens is 3. The first kappa shape index (κ1) is 21.4. The van der Waals surface area contributed by atoms with Gasteiger partial charge >= 0.3 is 7.12 Å². The third-order valence-electron chi connectivity index (χ3n) is 5.17. The van der Waals surface area contributed by atoms with Gasteiger partial charge in [-0.25, -0.2) is 4.98 Å². The van der Waals surface area contributed by atoms with Crippen molar-refractivity contribution in [3.8, 4) is 11.7 Å². The van der Waals surface area contributed by atoms with Crippen LogP contribution in [0.2, 0.25) is 0 Å². The van der Waals surface area contributed by atoms with Crippen LogP contribution in [0.1, 0.15) is 21.6 Å². The van der Waals surface area contributed by atoms with Crippen LogP contribution < -0.4 is 21.3 Å². The van der Waals surface area contributed by atoms with E-state index in [1.807, 2.05) is 29.7 Å². The molecule has 0 aliphatic heterocycles. The minimum absolute atomic E-state index is 0.380. The first-order chi connectivity index (χ1) is 15.4. The molecule has 0 aliphatic rings. The van der Waals surface area contributed by atoms with Crippen molar-refractivity contribution in [2.75, 3.05) is 12.4 Å². The number of fused-ring (bicyclic) bond motifs is 1. The Kier molecular flexibility index (Phi) is 5.80. The zero-order valence-electron chi connectivity index (χ0n) is 17.6. The van der Waals surface area contributed by atoms with Crippen LogP contribution in [-0.4, -0.2) is 44.7 Å². The molecule has 0 spiro atoms. The molecule has 32 heavy (non-hydrogen) atoms. The first-order valence-corrected chi connectivity index (χ1v) is 9.90. The van der Waals surface area contributed by atoms with E-state index in [0.29, 0.717) is 35.1 Å². The molecule has 2 aromatic heterocycles. The lowest BCUT2D eigenvalue weighted by Crippen LogP contribution is -2.30. The quantitative estimate of drug-likeness (QED) is 0.322. The summed E-state index contributed by atoms with van der Waals surface area (Å²) >= 11 is 0. The number of anilines is 1. The van der Waals surface area contributed by atoms with Crippen LogP contribution in [0.5, 0.6) is 5.75 Å². The minimum atomic E-state index is -1.54. The van der Waals surface area contributed by atoms with E-state index in [1.165, 1.54) is 7.11 Å². The van der Waals surface area contributed by atoms with Gasteiger partial charge < -0.3 is 25.8 Å². The number of nitrogens with one attached hydrogen (secondary N) is 1. The molecule has 4 aromatic rings. The fourth-order valence-electron chi connectivity index (χ4n) is 3.64. The van der Waals surface area contributed by atoms with E-state index < -0.39 is 13.0 Å². The van der Waals surface area contributed by atoms with Gasteiger partial charge in [-0.1, -0.05) is 30.3 Å². The molecule has 0 atom stereocenters. The van der Waals surface area contributed by atoms with Crippen LogP contribution in [0.3, 0.4) is 0 Å². The molecular weight excluding hydrogens is 409 g/mol. The molecule has 1 amide bonds. The molecule has 0 saturated heterocycles. The van der Waals surface area contributed by atoms with Crippen LogP contribution >= 0.6 is 0 Å². The Morgan fingerprint density at radius 3 is 2.72 bits per heavy atom. The Labute approximate surface area is 184 Å². The van der Waals surface area contributed by atoms with Gasteiger partial charge in [-0.05, 0) is 36.1 Å². The minimum Gasteiger partial charge on any atom is -0.491 e. The highest BCUT2D eigenvalue weighted by atomic mass is 16.5. The topological polar surface area (TPSA) is 136 Å². The number of nitrogens with two attached hydrogens (primary N) is 1. The SMILES string of the molecule is COc1cnc(-n2c(C)cc3c(C(N)=O)cccc32)nc1NCc1cccc(B(O)O)c1. The van der Waals surface area contributed by atoms with Crippen molar-refractivity contribution in [2.24, 2.45) is 5.73 Å². The van der Waals surface area contributed by atoms with Gasteiger partial charge in [-0.3, -0.25) is 9.36 Å². The number of hydrogen-bond donors (Lipinski definition) is 4. The Morgan fingerprint density at radius 1 is 1.22 bits per heavy atom. The van der Waals surface area contributed by atoms with E-state index in [2.05, 4.69) is 15.3 Å². The number of nitrogens with zero attached hydrogens (tertiary/aromatic N) is 3. The van der Waals surface area contributed by atoms with Gasteiger partial charge in [-0.15, -0.1) is 0 Å². The average molecular weight is 431 g/mol. The summed E-state index contributed by atoms with van der Waals surface area (Å²) in [5, 5.41) is 22.7. The van der Waals surface area contributed by atoms with Crippen molar-refractivity contribution in [3.05, 3.63) is 71.5 Å². The second-order valence-corrected chi connectivity index (χ2v) is 7.28. The molecule has 162 valence electrons. The number of methoxy groups -OCH3 is 1. The lowest BCUT2D eigenvalue weighted by atomic mass is 9.80. The van der Waals surface area contributed by atoms with Crippen molar-refractivity contribution in [3.63, 3.8) is 0 Å². The number of aryl methyl sites for hydroxylation is 1. The molecule has 0 bridgehead atoms. The Bertz CT molecular complexity index is 1300. The number of hydrogen-bond acceptors (Lipinski definition) is 7. The van der Waals surface area contributed by atoms with Crippen LogP contribution in [0, 0.1) is 6.92 Å². The van der Waals surface area contributed by atoms with Crippen LogP contribution in [0.25, 0.3) is 16.9 Å². The summed E-state index contributed by atoms with van der Waals surface area (Å²) < 4.78 is 7.24. The number of amides is 1. The van der Waals surface area contributed by atoms with Gasteiger partial charge in [0.2, 0.25) is 11.9 Å². The van der Waals surface area contributed by atoms with E-state index in [0.717, 1.165) is 22.2 Å². The zero-order valence-corrected chi connectivity index (χ0v) is 17.6. The number of carbonyl (C=O) groups excluding carboxylic acids is 1. The molecule has 4 rings (SSSR count). The van der Waals surface area contributed by atoms with Crippen LogP contribution in [0.15, 0.2) is 54.7 Å². The fraction of sp³-hybridized carbons (Fsp3) is 0.136. The summed E-state index contributed by atoms with van der Waals surface area (Å²) in [4.78, 5) is 20.9. The third-order valence-corrected chi connectivity index (χ3v) is 5.17. The molecule has 0 saturated carbocycles. The van der Waals surface area contributed by atoms with Gasteiger partial charge in [0.05, 0.1) is 18.8 Å². The van der Waals surface area contributed by atoms with Gasteiger partial charge in [0.15, 0.2) is 11.6 Å². The standard InChI is InChI=1S/C22H22BN5O4/c1-13-9-17-16(20(24)29)7-4-8-18(17)28(13)22-26-12-19(32-2)21(27-22)25-11-14-5-3-6-15(10-14)23(30)31/h3-10,12,30-31H,11H2,1-2H3,(H2,24,29)(H,25,26,27). The molecule has 9 nitrogen and oxygen atoms in total. The molecule has 0 unspecified atom stereocenters. The summed E-state index contributed by atoms with van der Waals surface area (Å²) in [6.07, 6.45) is 1.57. The molecular formula is C22H22BN5O4. The maximum atomic E-state index is 11.8. The Morgan fingerprint density at radius 2 is 2.00 bits per heavy atom. The van der Waals surface area contributed by atoms with E-state index in [1.54, 1.807) is 36.5 Å². The highest BCUT2D eigenvalue weighted by Crippen LogP contribution is 2.28. The highest BCUT2D eigenvalue weighted by Gasteiger charge is 2.17. The second kappa shape index (κ2) is 8.70. The van der Waals surface area contributed by atoms with E-state index >= 15 is 0 Å². The maximum absolute atomic E-state index is 11.8. The monoisotopic (exact) mass is 431 g/mol.